The lowest BCUT2D eigenvalue weighted by atomic mass is 10.0. The third-order valence-corrected chi connectivity index (χ3v) is 7.72. The van der Waals surface area contributed by atoms with Gasteiger partial charge < -0.3 is 29.5 Å². The number of carbonyl (C=O) groups excluding carboxylic acids is 3. The van der Waals surface area contributed by atoms with Gasteiger partial charge in [0.25, 0.3) is 5.91 Å². The number of benzene rings is 1. The number of piperazine rings is 1. The Kier molecular flexibility index (Phi) is 7.10. The second kappa shape index (κ2) is 10.0. The molecule has 1 aromatic rings. The van der Waals surface area contributed by atoms with Crippen molar-refractivity contribution in [2.75, 3.05) is 45.6 Å². The number of hydrogen-bond donors (Lipinski definition) is 2. The lowest BCUT2D eigenvalue weighted by Gasteiger charge is -2.49. The van der Waals surface area contributed by atoms with Gasteiger partial charge in [-0.1, -0.05) is 30.3 Å². The predicted octanol–water partition coefficient (Wildman–Crippen LogP) is -0.633. The minimum atomic E-state index is -1.68. The summed E-state index contributed by atoms with van der Waals surface area (Å²) in [7, 11) is 1.95. The third-order valence-electron chi connectivity index (χ3n) is 6.06. The minimum Gasteiger partial charge on any atom is -0.614 e. The Morgan fingerprint density at radius 3 is 2.50 bits per heavy atom. The molecule has 11 nitrogen and oxygen atoms in total. The Hall–Kier alpha value is -3.09. The molecule has 0 radical (unpaired) electrons. The molecule has 182 valence electrons. The van der Waals surface area contributed by atoms with Crippen LogP contribution in [-0.4, -0.2) is 105 Å². The van der Waals surface area contributed by atoms with Crippen molar-refractivity contribution in [3.8, 4) is 0 Å². The normalized spacial score (nSPS) is 24.9. The summed E-state index contributed by atoms with van der Waals surface area (Å²) in [4.78, 5) is 54.0. The highest BCUT2D eigenvalue weighted by molar-refractivity contribution is 7.92. The van der Waals surface area contributed by atoms with Crippen molar-refractivity contribution in [3.05, 3.63) is 47.2 Å². The average molecular weight is 491 g/mol. The molecular formula is C22H26N4O7S. The van der Waals surface area contributed by atoms with E-state index in [0.29, 0.717) is 26.2 Å². The van der Waals surface area contributed by atoms with Crippen LogP contribution in [0, 0.1) is 0 Å². The molecule has 4 rings (SSSR count). The molecule has 12 heteroatoms. The first-order valence-electron chi connectivity index (χ1n) is 10.9. The second-order valence-electron chi connectivity index (χ2n) is 8.43. The number of carboxylic acid groups (broad SMARTS) is 1. The van der Waals surface area contributed by atoms with E-state index >= 15 is 0 Å². The molecule has 2 N–H and O–H groups in total. The van der Waals surface area contributed by atoms with Crippen LogP contribution < -0.4 is 5.32 Å². The third kappa shape index (κ3) is 4.88. The highest BCUT2D eigenvalue weighted by Gasteiger charge is 2.61. The summed E-state index contributed by atoms with van der Waals surface area (Å²) in [6.45, 7) is 2.00. The van der Waals surface area contributed by atoms with Crippen LogP contribution in [0.5, 0.6) is 0 Å². The Balaban J connectivity index is 1.42. The van der Waals surface area contributed by atoms with Crippen molar-refractivity contribution >= 4 is 35.1 Å². The van der Waals surface area contributed by atoms with Gasteiger partial charge in [-0.2, -0.15) is 0 Å². The maximum atomic E-state index is 12.9. The van der Waals surface area contributed by atoms with Gasteiger partial charge in [-0.05, 0) is 23.8 Å². The minimum absolute atomic E-state index is 0.0408. The summed E-state index contributed by atoms with van der Waals surface area (Å²) in [5, 5.41) is 11.4. The number of aliphatic carboxylic acids is 1. The highest BCUT2D eigenvalue weighted by Crippen LogP contribution is 2.37. The summed E-state index contributed by atoms with van der Waals surface area (Å²) < 4.78 is 18.2. The molecule has 0 bridgehead atoms. The maximum Gasteiger partial charge on any atom is 0.410 e. The van der Waals surface area contributed by atoms with Crippen molar-refractivity contribution in [3.63, 3.8) is 0 Å². The van der Waals surface area contributed by atoms with Crippen LogP contribution >= 0.6 is 0 Å². The highest BCUT2D eigenvalue weighted by atomic mass is 32.2. The van der Waals surface area contributed by atoms with E-state index in [2.05, 4.69) is 10.2 Å². The van der Waals surface area contributed by atoms with Crippen LogP contribution in [0.15, 0.2) is 41.6 Å². The number of fused-ring (bicyclic) bond motifs is 1. The van der Waals surface area contributed by atoms with E-state index in [4.69, 9.17) is 4.74 Å². The molecule has 3 atom stereocenters. The van der Waals surface area contributed by atoms with E-state index in [0.717, 1.165) is 10.5 Å². The predicted molar refractivity (Wildman–Crippen MR) is 121 cm³/mol. The van der Waals surface area contributed by atoms with Crippen LogP contribution in [0.2, 0.25) is 0 Å². The van der Waals surface area contributed by atoms with E-state index in [9.17, 15) is 28.8 Å². The maximum absolute atomic E-state index is 12.9. The molecule has 0 aromatic heterocycles. The van der Waals surface area contributed by atoms with Gasteiger partial charge in [-0.25, -0.2) is 9.59 Å². The largest absolute Gasteiger partial charge is 0.614 e. The number of likely N-dealkylation sites (N-methyl/N-ethyl adjacent to an activating group) is 1. The van der Waals surface area contributed by atoms with E-state index < -0.39 is 46.5 Å². The van der Waals surface area contributed by atoms with Gasteiger partial charge in [0, 0.05) is 31.8 Å². The van der Waals surface area contributed by atoms with Crippen molar-refractivity contribution in [1.29, 1.82) is 0 Å². The Morgan fingerprint density at radius 2 is 1.85 bits per heavy atom. The molecule has 3 heterocycles. The number of carboxylic acids is 1. The number of ether oxygens (including phenoxy) is 1. The zero-order valence-electron chi connectivity index (χ0n) is 18.6. The number of rotatable bonds is 6. The van der Waals surface area contributed by atoms with Crippen LogP contribution in [0.1, 0.15) is 5.56 Å². The standard InChI is InChI=1S/C22H26N4O7S/c1-24-7-9-25(10-8-24)22(31)33-12-15-13-34(32)20-17(19(28)26(20)18(15)21(29)30)23-16(27)11-14-5-3-2-4-6-14/h2-6,17,20H,7-13H2,1H3,(H,23,27)(H,29,30)/t17?,20-,34?/m0/s1. The lowest BCUT2D eigenvalue weighted by Crippen LogP contribution is -2.75. The zero-order chi connectivity index (χ0) is 24.4. The molecule has 2 fully saturated rings. The second-order valence-corrected chi connectivity index (χ2v) is 9.97. The molecule has 1 aromatic carbocycles. The van der Waals surface area contributed by atoms with Crippen LogP contribution in [0.3, 0.4) is 0 Å². The van der Waals surface area contributed by atoms with Gasteiger partial charge in [0.05, 0.1) is 6.42 Å². The molecule has 2 unspecified atom stereocenters. The molecule has 0 spiro atoms. The zero-order valence-corrected chi connectivity index (χ0v) is 19.5. The van der Waals surface area contributed by atoms with Gasteiger partial charge in [0.2, 0.25) is 11.3 Å². The first-order chi connectivity index (χ1) is 16.3. The van der Waals surface area contributed by atoms with Crippen molar-refractivity contribution in [2.45, 2.75) is 17.8 Å². The summed E-state index contributed by atoms with van der Waals surface area (Å²) in [6, 6.07) is 7.87. The molecule has 3 amide bonds. The molecule has 3 aliphatic rings. The van der Waals surface area contributed by atoms with E-state index in [-0.39, 0.29) is 30.1 Å². The quantitative estimate of drug-likeness (QED) is 0.396. The summed E-state index contributed by atoms with van der Waals surface area (Å²) in [6.07, 6.45) is -0.543. The molecule has 2 saturated heterocycles. The van der Waals surface area contributed by atoms with Crippen molar-refractivity contribution < 1.29 is 33.6 Å². The van der Waals surface area contributed by atoms with Crippen molar-refractivity contribution in [2.24, 2.45) is 0 Å². The fourth-order valence-corrected chi connectivity index (χ4v) is 5.87. The van der Waals surface area contributed by atoms with Gasteiger partial charge >= 0.3 is 12.1 Å². The van der Waals surface area contributed by atoms with Gasteiger partial charge in [-0.15, -0.1) is 0 Å². The number of nitrogens with zero attached hydrogens (tertiary/aromatic N) is 3. The number of carbonyl (C=O) groups is 4. The number of amides is 3. The number of hydrogen-bond acceptors (Lipinski definition) is 7. The summed E-state index contributed by atoms with van der Waals surface area (Å²) in [5.41, 5.74) is 0.519. The molecule has 3 aliphatic heterocycles. The van der Waals surface area contributed by atoms with Crippen LogP contribution in [0.4, 0.5) is 4.79 Å². The van der Waals surface area contributed by atoms with Gasteiger partial charge in [0.15, 0.2) is 6.04 Å². The summed E-state index contributed by atoms with van der Waals surface area (Å²) >= 11 is -1.68. The SMILES string of the molecule is CN1CCN(C(=O)OCC2=C(C(=O)O)N3C(=O)C(NC(=O)Cc4ccccc4)[C@@H]3[S+]([O-])C2)CC1. The summed E-state index contributed by atoms with van der Waals surface area (Å²) in [5.74, 6) is -2.62. The smallest absolute Gasteiger partial charge is 0.410 e. The topological polar surface area (TPSA) is 143 Å². The van der Waals surface area contributed by atoms with E-state index in [1.54, 1.807) is 24.3 Å². The van der Waals surface area contributed by atoms with E-state index in [1.807, 2.05) is 13.1 Å². The fraction of sp³-hybridized carbons (Fsp3) is 0.455. The van der Waals surface area contributed by atoms with Crippen LogP contribution in [0.25, 0.3) is 0 Å². The Labute approximate surface area is 199 Å². The van der Waals surface area contributed by atoms with Gasteiger partial charge in [0.1, 0.15) is 18.1 Å². The Bertz CT molecular complexity index is 1010. The molecular weight excluding hydrogens is 464 g/mol. The van der Waals surface area contributed by atoms with Gasteiger partial charge in [-0.3, -0.25) is 14.5 Å². The first-order valence-corrected chi connectivity index (χ1v) is 12.2. The lowest BCUT2D eigenvalue weighted by molar-refractivity contribution is -0.151. The molecule has 34 heavy (non-hydrogen) atoms. The monoisotopic (exact) mass is 490 g/mol. The molecule has 0 aliphatic carbocycles. The van der Waals surface area contributed by atoms with E-state index in [1.165, 1.54) is 4.90 Å². The number of β-lactam (4-membered cyclic amide) rings is 1. The molecule has 0 saturated carbocycles. The fourth-order valence-electron chi connectivity index (χ4n) is 4.20. The van der Waals surface area contributed by atoms with Crippen molar-refractivity contribution in [1.82, 2.24) is 20.0 Å². The average Bonchev–Trinajstić information content (AvgIpc) is 2.81. The first kappa shape index (κ1) is 24.0. The Morgan fingerprint density at radius 1 is 1.18 bits per heavy atom. The van der Waals surface area contributed by atoms with Crippen LogP contribution in [-0.2, 0) is 36.7 Å². The number of nitrogens with one attached hydrogen (secondary N) is 1.